The van der Waals surface area contributed by atoms with Gasteiger partial charge in [0.15, 0.2) is 11.6 Å². The van der Waals surface area contributed by atoms with Gasteiger partial charge in [-0.15, -0.1) is 0 Å². The van der Waals surface area contributed by atoms with E-state index < -0.39 is 0 Å². The van der Waals surface area contributed by atoms with E-state index in [1.54, 1.807) is 4.68 Å². The van der Waals surface area contributed by atoms with Gasteiger partial charge in [-0.05, 0) is 19.2 Å². The second-order valence-electron chi connectivity index (χ2n) is 8.97. The summed E-state index contributed by atoms with van der Waals surface area (Å²) in [5, 5.41) is 4.78. The molecule has 204 valence electrons. The highest BCUT2D eigenvalue weighted by Crippen LogP contribution is 2.25. The Morgan fingerprint density at radius 3 is 2.42 bits per heavy atom. The molecular formula is C29H40N6O3. The van der Waals surface area contributed by atoms with Gasteiger partial charge in [0.2, 0.25) is 0 Å². The molecule has 4 rings (SSSR count). The number of aromatic nitrogens is 4. The van der Waals surface area contributed by atoms with Crippen LogP contribution >= 0.6 is 0 Å². The number of ether oxygens (including phenoxy) is 2. The number of Topliss-reactive ketones (excluding diaryl/α,β-unsaturated/α-hetero) is 1. The number of hydrogen-bond donors (Lipinski definition) is 0. The minimum Gasteiger partial charge on any atom is -0.463 e. The average molecular weight is 521 g/mol. The molecule has 2 aromatic heterocycles. The maximum absolute atomic E-state index is 12.9. The van der Waals surface area contributed by atoms with E-state index in [1.807, 2.05) is 82.2 Å². The maximum atomic E-state index is 12.9. The van der Waals surface area contributed by atoms with Crippen molar-refractivity contribution in [1.29, 1.82) is 0 Å². The lowest BCUT2D eigenvalue weighted by Crippen LogP contribution is -2.37. The van der Waals surface area contributed by atoms with Gasteiger partial charge < -0.3 is 19.3 Å². The van der Waals surface area contributed by atoms with Crippen molar-refractivity contribution in [3.63, 3.8) is 0 Å². The van der Waals surface area contributed by atoms with E-state index >= 15 is 0 Å². The molecule has 9 heteroatoms. The van der Waals surface area contributed by atoms with Crippen molar-refractivity contribution in [1.82, 2.24) is 24.6 Å². The third-order valence-corrected chi connectivity index (χ3v) is 5.82. The van der Waals surface area contributed by atoms with E-state index in [1.165, 1.54) is 5.57 Å². The minimum absolute atomic E-state index is 0.0110. The number of morpholine rings is 1. The van der Waals surface area contributed by atoms with Crippen molar-refractivity contribution in [2.75, 3.05) is 51.9 Å². The summed E-state index contributed by atoms with van der Waals surface area (Å²) >= 11 is 0. The fourth-order valence-corrected chi connectivity index (χ4v) is 4.02. The van der Waals surface area contributed by atoms with Gasteiger partial charge in [0, 0.05) is 51.7 Å². The molecule has 0 N–H and O–H groups in total. The quantitative estimate of drug-likeness (QED) is 0.345. The SMILES string of the molecule is CC.CCC(=O)c1cc(-c2ccccc2)nn1-c1cc(N2CCOCC2)nc(OCC/C(C)=C/N(C)C)n1. The monoisotopic (exact) mass is 520 g/mol. The van der Waals surface area contributed by atoms with Crippen molar-refractivity contribution in [3.8, 4) is 23.1 Å². The number of anilines is 1. The molecule has 38 heavy (non-hydrogen) atoms. The van der Waals surface area contributed by atoms with E-state index in [0.717, 1.165) is 30.9 Å². The number of benzene rings is 1. The first-order chi connectivity index (χ1) is 18.4. The Morgan fingerprint density at radius 1 is 1.08 bits per heavy atom. The van der Waals surface area contributed by atoms with Crippen LogP contribution in [0, 0.1) is 0 Å². The number of nitrogens with zero attached hydrogens (tertiary/aromatic N) is 6. The maximum Gasteiger partial charge on any atom is 0.320 e. The Labute approximate surface area is 226 Å². The van der Waals surface area contributed by atoms with Crippen LogP contribution in [-0.4, -0.2) is 77.4 Å². The Bertz CT molecular complexity index is 1200. The van der Waals surface area contributed by atoms with E-state index in [0.29, 0.717) is 43.4 Å². The zero-order chi connectivity index (χ0) is 27.5. The highest BCUT2D eigenvalue weighted by Gasteiger charge is 2.21. The summed E-state index contributed by atoms with van der Waals surface area (Å²) in [6.45, 7) is 11.0. The predicted octanol–water partition coefficient (Wildman–Crippen LogP) is 5.02. The smallest absolute Gasteiger partial charge is 0.320 e. The zero-order valence-corrected chi connectivity index (χ0v) is 23.5. The van der Waals surface area contributed by atoms with Crippen LogP contribution in [0.4, 0.5) is 5.82 Å². The Hall–Kier alpha value is -3.72. The summed E-state index contributed by atoms with van der Waals surface area (Å²) in [4.78, 5) is 26.4. The summed E-state index contributed by atoms with van der Waals surface area (Å²) < 4.78 is 13.1. The molecule has 3 heterocycles. The van der Waals surface area contributed by atoms with Crippen LogP contribution in [0.3, 0.4) is 0 Å². The molecule has 1 saturated heterocycles. The van der Waals surface area contributed by atoms with Crippen LogP contribution < -0.4 is 9.64 Å². The zero-order valence-electron chi connectivity index (χ0n) is 23.5. The summed E-state index contributed by atoms with van der Waals surface area (Å²) in [5.74, 6) is 1.22. The Balaban J connectivity index is 0.00000195. The largest absolute Gasteiger partial charge is 0.463 e. The molecule has 0 unspecified atom stereocenters. The fourth-order valence-electron chi connectivity index (χ4n) is 4.02. The number of rotatable bonds is 10. The van der Waals surface area contributed by atoms with Crippen LogP contribution in [0.2, 0.25) is 0 Å². The fraction of sp³-hybridized carbons (Fsp3) is 0.448. The molecule has 0 atom stereocenters. The van der Waals surface area contributed by atoms with Crippen LogP contribution in [0.15, 0.2) is 54.2 Å². The highest BCUT2D eigenvalue weighted by atomic mass is 16.5. The van der Waals surface area contributed by atoms with Crippen molar-refractivity contribution < 1.29 is 14.3 Å². The number of carbonyl (C=O) groups is 1. The first-order valence-corrected chi connectivity index (χ1v) is 13.3. The molecule has 1 aliphatic heterocycles. The standard InChI is InChI=1S/C27H34N6O3.C2H6/c1-5-24(34)23-17-22(21-9-7-6-8-10-21)30-33(23)26-18-25(32-12-15-35-16-13-32)28-27(29-26)36-14-11-20(2)19-31(3)4;1-2/h6-10,17-19H,5,11-16H2,1-4H3;1-2H3/b20-19+;. The van der Waals surface area contributed by atoms with Crippen LogP contribution in [0.25, 0.3) is 17.1 Å². The molecule has 1 aromatic carbocycles. The van der Waals surface area contributed by atoms with E-state index in [-0.39, 0.29) is 11.8 Å². The van der Waals surface area contributed by atoms with Crippen molar-refractivity contribution in [2.45, 2.75) is 40.5 Å². The lowest BCUT2D eigenvalue weighted by atomic mass is 10.1. The summed E-state index contributed by atoms with van der Waals surface area (Å²) in [5.41, 5.74) is 3.33. The molecule has 0 bridgehead atoms. The molecule has 0 saturated carbocycles. The normalized spacial score (nSPS) is 13.5. The van der Waals surface area contributed by atoms with E-state index in [2.05, 4.69) is 28.0 Å². The van der Waals surface area contributed by atoms with Crippen LogP contribution in [0.1, 0.15) is 51.0 Å². The van der Waals surface area contributed by atoms with Gasteiger partial charge in [0.25, 0.3) is 0 Å². The van der Waals surface area contributed by atoms with Gasteiger partial charge in [-0.2, -0.15) is 15.1 Å². The van der Waals surface area contributed by atoms with Gasteiger partial charge in [-0.3, -0.25) is 4.79 Å². The van der Waals surface area contributed by atoms with E-state index in [4.69, 9.17) is 14.6 Å². The van der Waals surface area contributed by atoms with Crippen LogP contribution in [0.5, 0.6) is 6.01 Å². The topological polar surface area (TPSA) is 85.6 Å². The molecular weight excluding hydrogens is 480 g/mol. The van der Waals surface area contributed by atoms with Gasteiger partial charge >= 0.3 is 6.01 Å². The third kappa shape index (κ3) is 7.64. The van der Waals surface area contributed by atoms with Gasteiger partial charge in [-0.25, -0.2) is 4.68 Å². The lowest BCUT2D eigenvalue weighted by molar-refractivity contribution is 0.0980. The molecule has 3 aromatic rings. The first kappa shape index (κ1) is 28.8. The molecule has 0 radical (unpaired) electrons. The number of ketones is 1. The first-order valence-electron chi connectivity index (χ1n) is 13.3. The minimum atomic E-state index is -0.0110. The highest BCUT2D eigenvalue weighted by molar-refractivity contribution is 5.95. The van der Waals surface area contributed by atoms with Crippen molar-refractivity contribution in [3.05, 3.63) is 59.9 Å². The average Bonchev–Trinajstić information content (AvgIpc) is 3.40. The molecule has 9 nitrogen and oxygen atoms in total. The van der Waals surface area contributed by atoms with Crippen molar-refractivity contribution in [2.24, 2.45) is 0 Å². The molecule has 1 aliphatic rings. The third-order valence-electron chi connectivity index (χ3n) is 5.82. The van der Waals surface area contributed by atoms with Gasteiger partial charge in [0.05, 0.1) is 25.5 Å². The van der Waals surface area contributed by atoms with Gasteiger partial charge in [0.1, 0.15) is 11.5 Å². The summed E-state index contributed by atoms with van der Waals surface area (Å²) in [6, 6.07) is 13.8. The predicted molar refractivity (Wildman–Crippen MR) is 151 cm³/mol. The second-order valence-corrected chi connectivity index (χ2v) is 8.97. The number of carbonyl (C=O) groups excluding carboxylic acids is 1. The molecule has 0 spiro atoms. The molecule has 0 aliphatic carbocycles. The van der Waals surface area contributed by atoms with Crippen LogP contribution in [-0.2, 0) is 4.74 Å². The van der Waals surface area contributed by atoms with E-state index in [9.17, 15) is 4.79 Å². The number of hydrogen-bond acceptors (Lipinski definition) is 8. The summed E-state index contributed by atoms with van der Waals surface area (Å²) in [7, 11) is 3.99. The Kier molecular flexibility index (Phi) is 10.8. The Morgan fingerprint density at radius 2 is 1.76 bits per heavy atom. The second kappa shape index (κ2) is 14.3. The lowest BCUT2D eigenvalue weighted by Gasteiger charge is -2.28. The summed E-state index contributed by atoms with van der Waals surface area (Å²) in [6.07, 6.45) is 3.18. The van der Waals surface area contributed by atoms with Crippen molar-refractivity contribution >= 4 is 11.6 Å². The molecule has 1 fully saturated rings. The molecule has 0 amide bonds. The van der Waals surface area contributed by atoms with Gasteiger partial charge in [-0.1, -0.05) is 56.7 Å².